The molecule has 1 unspecified atom stereocenters. The Morgan fingerprint density at radius 1 is 1.17 bits per heavy atom. The Kier molecular flexibility index (Phi) is 6.72. The second-order valence-electron chi connectivity index (χ2n) is 5.35. The Hall–Kier alpha value is -1.96. The van der Waals surface area contributed by atoms with E-state index in [4.69, 9.17) is 11.6 Å². The lowest BCUT2D eigenvalue weighted by molar-refractivity contribution is -0.885. The molecular weight excluding hydrogens is 353 g/mol. The van der Waals surface area contributed by atoms with Gasteiger partial charge in [0.1, 0.15) is 12.4 Å². The number of amides is 2. The molecule has 1 aromatic heterocycles. The van der Waals surface area contributed by atoms with Gasteiger partial charge in [-0.3, -0.25) is 9.59 Å². The number of halogens is 2. The molecule has 2 rings (SSSR count). The quantitative estimate of drug-likeness (QED) is 0.688. The molecule has 24 heavy (non-hydrogen) atoms. The van der Waals surface area contributed by atoms with E-state index in [2.05, 4.69) is 10.6 Å². The molecule has 1 atom stereocenters. The maximum Gasteiger partial charge on any atom is 0.275 e. The van der Waals surface area contributed by atoms with Gasteiger partial charge >= 0.3 is 0 Å². The van der Waals surface area contributed by atoms with Crippen molar-refractivity contribution in [1.29, 1.82) is 0 Å². The van der Waals surface area contributed by atoms with Crippen LogP contribution in [-0.4, -0.2) is 32.0 Å². The average molecular weight is 371 g/mol. The lowest BCUT2D eigenvalue weighted by Crippen LogP contribution is -3.08. The van der Waals surface area contributed by atoms with Crippen LogP contribution in [0.1, 0.15) is 4.88 Å². The van der Waals surface area contributed by atoms with Crippen molar-refractivity contribution in [2.75, 3.05) is 25.5 Å². The molecule has 1 aromatic carbocycles. The molecule has 0 saturated carbocycles. The Morgan fingerprint density at radius 3 is 2.50 bits per heavy atom. The lowest BCUT2D eigenvalue weighted by atomic mass is 10.3. The van der Waals surface area contributed by atoms with Crippen LogP contribution in [0, 0.1) is 5.82 Å². The first kappa shape index (κ1) is 18.4. The van der Waals surface area contributed by atoms with E-state index in [1.807, 2.05) is 19.2 Å². The minimum atomic E-state index is -0.376. The summed E-state index contributed by atoms with van der Waals surface area (Å²) in [6.45, 7) is 0.806. The molecule has 0 fully saturated rings. The molecule has 2 amide bonds. The number of likely N-dealkylation sites (N-methyl/N-ethyl adjacent to an activating group) is 1. The number of quaternary nitrogens is 1. The molecule has 0 bridgehead atoms. The summed E-state index contributed by atoms with van der Waals surface area (Å²) in [4.78, 5) is 25.7. The summed E-state index contributed by atoms with van der Waals surface area (Å²) in [6, 6.07) is 9.18. The largest absolute Gasteiger partial charge is 0.342 e. The van der Waals surface area contributed by atoms with E-state index < -0.39 is 0 Å². The topological polar surface area (TPSA) is 62.6 Å². The lowest BCUT2D eigenvalue weighted by Gasteiger charge is -2.13. The first-order valence-corrected chi connectivity index (χ1v) is 8.49. The van der Waals surface area contributed by atoms with E-state index in [9.17, 15) is 14.0 Å². The highest BCUT2D eigenvalue weighted by molar-refractivity contribution is 7.16. The summed E-state index contributed by atoms with van der Waals surface area (Å²) in [6.07, 6.45) is 0. The van der Waals surface area contributed by atoms with Gasteiger partial charge in [-0.05, 0) is 36.4 Å². The third kappa shape index (κ3) is 6.27. The standard InChI is InChI=1S/C16H17ClFN3O2S/c1-21(9-13-6-7-14(17)24-13)10-16(23)19-8-15(22)20-12-4-2-11(18)3-5-12/h2-7H,8-10H2,1H3,(H,19,23)(H,20,22)/p+1. The predicted molar refractivity (Wildman–Crippen MR) is 92.8 cm³/mol. The first-order valence-electron chi connectivity index (χ1n) is 7.30. The summed E-state index contributed by atoms with van der Waals surface area (Å²) in [7, 11) is 1.89. The summed E-state index contributed by atoms with van der Waals surface area (Å²) in [5.41, 5.74) is 0.480. The number of hydrogen-bond donors (Lipinski definition) is 3. The van der Waals surface area contributed by atoms with E-state index >= 15 is 0 Å². The number of hydrogen-bond acceptors (Lipinski definition) is 3. The van der Waals surface area contributed by atoms with Gasteiger partial charge in [-0.1, -0.05) is 11.6 Å². The molecule has 0 spiro atoms. The highest BCUT2D eigenvalue weighted by Gasteiger charge is 2.13. The number of thiophene rings is 1. The fourth-order valence-corrected chi connectivity index (χ4v) is 3.26. The maximum atomic E-state index is 12.8. The normalized spacial score (nSPS) is 11.8. The van der Waals surface area contributed by atoms with Crippen LogP contribution in [0.3, 0.4) is 0 Å². The number of carbonyl (C=O) groups excluding carboxylic acids is 2. The summed E-state index contributed by atoms with van der Waals surface area (Å²) in [5.74, 6) is -0.957. The zero-order valence-electron chi connectivity index (χ0n) is 13.1. The van der Waals surface area contributed by atoms with E-state index in [0.717, 1.165) is 14.1 Å². The predicted octanol–water partition coefficient (Wildman–Crippen LogP) is 1.31. The van der Waals surface area contributed by atoms with Gasteiger partial charge in [0.25, 0.3) is 5.91 Å². The third-order valence-electron chi connectivity index (χ3n) is 3.14. The number of benzene rings is 1. The Labute approximate surface area is 148 Å². The second-order valence-corrected chi connectivity index (χ2v) is 7.15. The van der Waals surface area contributed by atoms with E-state index in [0.29, 0.717) is 12.2 Å². The van der Waals surface area contributed by atoms with E-state index in [-0.39, 0.29) is 30.7 Å². The molecular formula is C16H18ClFN3O2S+. The smallest absolute Gasteiger partial charge is 0.275 e. The average Bonchev–Trinajstić information content (AvgIpc) is 2.92. The summed E-state index contributed by atoms with van der Waals surface area (Å²) < 4.78 is 13.5. The van der Waals surface area contributed by atoms with Crippen molar-refractivity contribution in [2.24, 2.45) is 0 Å². The van der Waals surface area contributed by atoms with Gasteiger partial charge in [-0.15, -0.1) is 11.3 Å². The van der Waals surface area contributed by atoms with Crippen molar-refractivity contribution in [3.63, 3.8) is 0 Å². The number of nitrogens with one attached hydrogen (secondary N) is 3. The molecule has 0 radical (unpaired) electrons. The fourth-order valence-electron chi connectivity index (χ4n) is 2.06. The minimum Gasteiger partial charge on any atom is -0.342 e. The van der Waals surface area contributed by atoms with E-state index in [1.54, 1.807) is 0 Å². The van der Waals surface area contributed by atoms with Crippen molar-refractivity contribution in [3.8, 4) is 0 Å². The highest BCUT2D eigenvalue weighted by atomic mass is 35.5. The van der Waals surface area contributed by atoms with Crippen molar-refractivity contribution >= 4 is 40.4 Å². The molecule has 0 aliphatic heterocycles. The molecule has 0 aliphatic carbocycles. The van der Waals surface area contributed by atoms with Gasteiger partial charge in [-0.25, -0.2) is 4.39 Å². The van der Waals surface area contributed by atoms with E-state index in [1.165, 1.54) is 35.6 Å². The molecule has 3 N–H and O–H groups in total. The second kappa shape index (κ2) is 8.77. The van der Waals surface area contributed by atoms with Crippen LogP contribution < -0.4 is 15.5 Å². The molecule has 0 saturated heterocycles. The van der Waals surface area contributed by atoms with Crippen LogP contribution in [0.15, 0.2) is 36.4 Å². The van der Waals surface area contributed by atoms with Crippen LogP contribution >= 0.6 is 22.9 Å². The fraction of sp³-hybridized carbons (Fsp3) is 0.250. The Balaban J connectivity index is 1.70. The zero-order chi connectivity index (χ0) is 17.5. The number of anilines is 1. The zero-order valence-corrected chi connectivity index (χ0v) is 14.6. The molecule has 8 heteroatoms. The van der Waals surface area contributed by atoms with Gasteiger partial charge in [0, 0.05) is 5.69 Å². The molecule has 2 aromatic rings. The first-order chi connectivity index (χ1) is 11.4. The van der Waals surface area contributed by atoms with Crippen molar-refractivity contribution in [3.05, 3.63) is 51.4 Å². The van der Waals surface area contributed by atoms with Gasteiger partial charge in [-0.2, -0.15) is 0 Å². The summed E-state index contributed by atoms with van der Waals surface area (Å²) in [5, 5.41) is 5.15. The van der Waals surface area contributed by atoms with Crippen molar-refractivity contribution < 1.29 is 18.9 Å². The van der Waals surface area contributed by atoms with Crippen molar-refractivity contribution in [1.82, 2.24) is 5.32 Å². The van der Waals surface area contributed by atoms with Crippen LogP contribution in [0.25, 0.3) is 0 Å². The molecule has 128 valence electrons. The molecule has 5 nitrogen and oxygen atoms in total. The highest BCUT2D eigenvalue weighted by Crippen LogP contribution is 2.20. The van der Waals surface area contributed by atoms with Gasteiger partial charge < -0.3 is 15.5 Å². The Morgan fingerprint density at radius 2 is 1.88 bits per heavy atom. The van der Waals surface area contributed by atoms with Gasteiger partial charge in [0.15, 0.2) is 6.54 Å². The van der Waals surface area contributed by atoms with Gasteiger partial charge in [0.05, 0.1) is 22.8 Å². The number of rotatable bonds is 7. The maximum absolute atomic E-state index is 12.8. The monoisotopic (exact) mass is 370 g/mol. The van der Waals surface area contributed by atoms with Crippen LogP contribution in [-0.2, 0) is 16.1 Å². The van der Waals surface area contributed by atoms with Gasteiger partial charge in [0.2, 0.25) is 5.91 Å². The molecule has 1 heterocycles. The SMILES string of the molecule is C[NH+](CC(=O)NCC(=O)Nc1ccc(F)cc1)Cc1ccc(Cl)s1. The summed E-state index contributed by atoms with van der Waals surface area (Å²) >= 11 is 7.36. The Bertz CT molecular complexity index is 706. The minimum absolute atomic E-state index is 0.131. The van der Waals surface area contributed by atoms with Crippen LogP contribution in [0.4, 0.5) is 10.1 Å². The van der Waals surface area contributed by atoms with Crippen LogP contribution in [0.2, 0.25) is 4.34 Å². The third-order valence-corrected chi connectivity index (χ3v) is 4.37. The number of carbonyl (C=O) groups is 2. The van der Waals surface area contributed by atoms with Crippen molar-refractivity contribution in [2.45, 2.75) is 6.54 Å². The molecule has 0 aliphatic rings. The van der Waals surface area contributed by atoms with Crippen LogP contribution in [0.5, 0.6) is 0 Å².